The number of imidazole rings is 2. The van der Waals surface area contributed by atoms with Crippen LogP contribution in [0.3, 0.4) is 0 Å². The Balaban J connectivity index is 0.000000903. The van der Waals surface area contributed by atoms with Gasteiger partial charge in [-0.2, -0.15) is 0 Å². The van der Waals surface area contributed by atoms with Crippen molar-refractivity contribution in [2.24, 2.45) is 0 Å². The van der Waals surface area contributed by atoms with Crippen molar-refractivity contribution >= 4 is 59.7 Å². The first-order valence-corrected chi connectivity index (χ1v) is 23.3. The van der Waals surface area contributed by atoms with Gasteiger partial charge in [0.05, 0.1) is 24.0 Å². The summed E-state index contributed by atoms with van der Waals surface area (Å²) in [5.41, 5.74) is 5.69. The van der Waals surface area contributed by atoms with Crippen molar-refractivity contribution in [3.05, 3.63) is 96.2 Å². The number of carbonyl (C=O) groups is 10. The molecule has 4 heterocycles. The maximum absolute atomic E-state index is 9.55. The topological polar surface area (TPSA) is 422 Å². The molecule has 0 amide bonds. The molecule has 4 aliphatic rings. The number of carboxylic acid groups (broad SMARTS) is 10. The quantitative estimate of drug-likeness (QED) is 0.116. The summed E-state index contributed by atoms with van der Waals surface area (Å²) >= 11 is 0. The highest BCUT2D eigenvalue weighted by Gasteiger charge is 2.30. The summed E-state index contributed by atoms with van der Waals surface area (Å²) in [5.74, 6) is -12.6. The van der Waals surface area contributed by atoms with Gasteiger partial charge in [0.1, 0.15) is 0 Å². The minimum atomic E-state index is -1.26. The molecule has 2 unspecified atom stereocenters. The molecule has 0 spiro atoms. The van der Waals surface area contributed by atoms with Gasteiger partial charge in [-0.25, -0.2) is 57.9 Å². The number of fused-ring (bicyclic) bond motifs is 2. The summed E-state index contributed by atoms with van der Waals surface area (Å²) in [6.07, 6.45) is 17.0. The molecule has 0 aromatic carbocycles. The molecule has 0 bridgehead atoms. The summed E-state index contributed by atoms with van der Waals surface area (Å²) in [6, 6.07) is 1.46. The fraction of sp³-hybridized carbons (Fsp3) is 0.458. The molecule has 0 radical (unpaired) electrons. The fourth-order valence-electron chi connectivity index (χ4n) is 7.33. The van der Waals surface area contributed by atoms with Gasteiger partial charge in [0, 0.05) is 163 Å². The van der Waals surface area contributed by atoms with Crippen LogP contribution in [0, 0.1) is 0 Å². The van der Waals surface area contributed by atoms with Gasteiger partial charge in [0.25, 0.3) is 0 Å². The van der Waals surface area contributed by atoms with Crippen LogP contribution >= 0.6 is 0 Å². The standard InChI is InChI=1S/2C14H24N4.5C4H4O4/c2*1-3-17-11-15-13-10-12(4-5-14(13)17)18-8-6-16(2)7-9-18;5*5-3(6)1-2-4(7)8/h2*11-12H,3-10H2,1-2H3;5*1-2H,(H,5,6)(H,7,8)/b;;5*2-1+. The smallest absolute Gasteiger partial charge is 0.328 e. The Morgan fingerprint density at radius 3 is 0.803 bits per heavy atom. The molecule has 76 heavy (non-hydrogen) atoms. The molecular weight excluding hydrogens is 1010 g/mol. The second-order valence-electron chi connectivity index (χ2n) is 16.4. The number of piperazine rings is 2. The highest BCUT2D eigenvalue weighted by atomic mass is 16.4. The highest BCUT2D eigenvalue weighted by Crippen LogP contribution is 2.26. The molecule has 2 atom stereocenters. The molecule has 2 saturated heterocycles. The van der Waals surface area contributed by atoms with Crippen LogP contribution in [0.15, 0.2) is 73.4 Å². The SMILES string of the molecule is CCn1cnc2c1CCC(N1CCN(C)CC1)C2.CCn1cnc2c1CCC(N1CCN(C)CC1)C2.O=C(O)/C=C/C(=O)O.O=C(O)/C=C/C(=O)O.O=C(O)/C=C/C(=O)O.O=C(O)/C=C/C(=O)O.O=C(O)/C=C/C(=O)O. The van der Waals surface area contributed by atoms with Crippen molar-refractivity contribution in [1.82, 2.24) is 38.7 Å². The fourth-order valence-corrected chi connectivity index (χ4v) is 7.33. The Morgan fingerprint density at radius 1 is 0.408 bits per heavy atom. The lowest BCUT2D eigenvalue weighted by molar-refractivity contribution is -0.134. The molecule has 2 fully saturated rings. The number of rotatable bonds is 14. The maximum Gasteiger partial charge on any atom is 0.328 e. The Labute approximate surface area is 436 Å². The molecule has 2 aromatic rings. The average Bonchev–Trinajstić information content (AvgIpc) is 3.98. The molecule has 2 aliphatic heterocycles. The van der Waals surface area contributed by atoms with E-state index in [1.807, 2.05) is 12.7 Å². The first-order chi connectivity index (χ1) is 35.7. The van der Waals surface area contributed by atoms with E-state index >= 15 is 0 Å². The summed E-state index contributed by atoms with van der Waals surface area (Å²) in [4.78, 5) is 115. The Hall–Kier alpha value is -8.34. The summed E-state index contributed by atoms with van der Waals surface area (Å²) < 4.78 is 4.63. The molecule has 420 valence electrons. The number of nitrogens with zero attached hydrogens (tertiary/aromatic N) is 8. The van der Waals surface area contributed by atoms with Crippen molar-refractivity contribution in [3.63, 3.8) is 0 Å². The lowest BCUT2D eigenvalue weighted by Crippen LogP contribution is -2.50. The predicted molar refractivity (Wildman–Crippen MR) is 268 cm³/mol. The number of hydrogen-bond donors (Lipinski definition) is 10. The van der Waals surface area contributed by atoms with Crippen LogP contribution in [0.1, 0.15) is 49.5 Å². The molecular formula is C48H68N8O20. The van der Waals surface area contributed by atoms with Crippen molar-refractivity contribution in [3.8, 4) is 0 Å². The van der Waals surface area contributed by atoms with E-state index in [1.165, 1.54) is 101 Å². The molecule has 10 N–H and O–H groups in total. The third kappa shape index (κ3) is 32.0. The molecule has 2 aliphatic carbocycles. The summed E-state index contributed by atoms with van der Waals surface area (Å²) in [7, 11) is 4.44. The average molecular weight is 1080 g/mol. The minimum Gasteiger partial charge on any atom is -0.478 e. The van der Waals surface area contributed by atoms with Gasteiger partial charge in [-0.1, -0.05) is 0 Å². The first kappa shape index (κ1) is 67.7. The number of hydrogen-bond acceptors (Lipinski definition) is 16. The van der Waals surface area contributed by atoms with E-state index in [4.69, 9.17) is 51.1 Å². The van der Waals surface area contributed by atoms with Gasteiger partial charge in [0.15, 0.2) is 0 Å². The van der Waals surface area contributed by atoms with Crippen LogP contribution < -0.4 is 0 Å². The van der Waals surface area contributed by atoms with E-state index in [9.17, 15) is 47.9 Å². The van der Waals surface area contributed by atoms with Crippen LogP contribution in [0.25, 0.3) is 0 Å². The molecule has 28 nitrogen and oxygen atoms in total. The van der Waals surface area contributed by atoms with E-state index < -0.39 is 59.7 Å². The van der Waals surface area contributed by atoms with E-state index in [0.29, 0.717) is 60.8 Å². The van der Waals surface area contributed by atoms with E-state index in [1.54, 1.807) is 0 Å². The van der Waals surface area contributed by atoms with E-state index in [2.05, 4.69) is 66.6 Å². The lowest BCUT2D eigenvalue weighted by Gasteiger charge is -2.39. The number of aryl methyl sites for hydroxylation is 2. The number of likely N-dealkylation sites (N-methyl/N-ethyl adjacent to an activating group) is 2. The second kappa shape index (κ2) is 37.4. The van der Waals surface area contributed by atoms with E-state index in [-0.39, 0.29) is 0 Å². The Bertz CT molecular complexity index is 2030. The molecule has 2 aromatic heterocycles. The Morgan fingerprint density at radius 2 is 0.618 bits per heavy atom. The zero-order chi connectivity index (χ0) is 57.9. The molecule has 6 rings (SSSR count). The van der Waals surface area contributed by atoms with Crippen LogP contribution in [0.2, 0.25) is 0 Å². The van der Waals surface area contributed by atoms with Gasteiger partial charge in [-0.15, -0.1) is 0 Å². The van der Waals surface area contributed by atoms with Crippen molar-refractivity contribution in [2.45, 2.75) is 77.5 Å². The lowest BCUT2D eigenvalue weighted by atomic mass is 9.94. The second-order valence-corrected chi connectivity index (χ2v) is 16.4. The zero-order valence-electron chi connectivity index (χ0n) is 42.5. The number of carboxylic acids is 10. The Kier molecular flexibility index (Phi) is 33.3. The van der Waals surface area contributed by atoms with Crippen LogP contribution in [-0.4, -0.2) is 228 Å². The summed E-state index contributed by atoms with van der Waals surface area (Å²) in [5, 5.41) is 78.1. The van der Waals surface area contributed by atoms with Crippen LogP contribution in [0.4, 0.5) is 0 Å². The minimum absolute atomic E-state index is 0.558. The van der Waals surface area contributed by atoms with Gasteiger partial charge in [-0.3, -0.25) is 9.80 Å². The van der Waals surface area contributed by atoms with Gasteiger partial charge >= 0.3 is 59.7 Å². The molecule has 0 saturated carbocycles. The largest absolute Gasteiger partial charge is 0.478 e. The van der Waals surface area contributed by atoms with Crippen molar-refractivity contribution in [2.75, 3.05) is 66.5 Å². The highest BCUT2D eigenvalue weighted by molar-refractivity contribution is 5.91. The zero-order valence-corrected chi connectivity index (χ0v) is 42.5. The first-order valence-electron chi connectivity index (χ1n) is 23.3. The number of aliphatic carboxylic acids is 10. The van der Waals surface area contributed by atoms with Crippen LogP contribution in [0.5, 0.6) is 0 Å². The summed E-state index contributed by atoms with van der Waals surface area (Å²) in [6.45, 7) is 16.3. The number of aromatic nitrogens is 4. The van der Waals surface area contributed by atoms with Gasteiger partial charge < -0.3 is 70.0 Å². The van der Waals surface area contributed by atoms with Crippen molar-refractivity contribution < 1.29 is 99.0 Å². The predicted octanol–water partition coefficient (Wildman–Crippen LogP) is 0.574. The van der Waals surface area contributed by atoms with Crippen molar-refractivity contribution in [1.29, 1.82) is 0 Å². The van der Waals surface area contributed by atoms with Gasteiger partial charge in [-0.05, 0) is 53.6 Å². The van der Waals surface area contributed by atoms with Crippen LogP contribution in [-0.2, 0) is 86.7 Å². The monoisotopic (exact) mass is 1080 g/mol. The third-order valence-electron chi connectivity index (χ3n) is 11.0. The van der Waals surface area contributed by atoms with E-state index in [0.717, 1.165) is 38.0 Å². The molecule has 28 heteroatoms. The maximum atomic E-state index is 9.55. The third-order valence-corrected chi connectivity index (χ3v) is 11.0. The van der Waals surface area contributed by atoms with Gasteiger partial charge in [0.2, 0.25) is 0 Å². The normalized spacial score (nSPS) is 17.4.